The summed E-state index contributed by atoms with van der Waals surface area (Å²) in [4.78, 5) is 4.14. The highest BCUT2D eigenvalue weighted by Crippen LogP contribution is 1.89. The topological polar surface area (TPSA) is 45.0 Å². The van der Waals surface area contributed by atoms with Gasteiger partial charge in [-0.3, -0.25) is 4.99 Å². The fourth-order valence-electron chi connectivity index (χ4n) is 0.731. The maximum Gasteiger partial charge on any atom is 0.0974 e. The third kappa shape index (κ3) is 2.62. The molecule has 0 aliphatic heterocycles. The third-order valence-corrected chi connectivity index (χ3v) is 1.25. The van der Waals surface area contributed by atoms with Crippen molar-refractivity contribution in [2.75, 3.05) is 6.54 Å². The van der Waals surface area contributed by atoms with Gasteiger partial charge in [0, 0.05) is 6.54 Å². The molecule has 3 heteroatoms. The molecule has 0 saturated carbocycles. The van der Waals surface area contributed by atoms with Gasteiger partial charge in [-0.2, -0.15) is 0 Å². The zero-order valence-corrected chi connectivity index (χ0v) is 6.76. The van der Waals surface area contributed by atoms with Crippen LogP contribution in [-0.4, -0.2) is 23.2 Å². The molecule has 0 aromatic rings. The van der Waals surface area contributed by atoms with Crippen LogP contribution in [-0.2, 0) is 0 Å². The largest absolute Gasteiger partial charge is 0.411 e. The van der Waals surface area contributed by atoms with Crippen LogP contribution >= 0.6 is 0 Å². The Labute approximate surface area is 61.5 Å². The first-order chi connectivity index (χ1) is 4.76. The molecule has 10 heavy (non-hydrogen) atoms. The summed E-state index contributed by atoms with van der Waals surface area (Å²) in [5.41, 5.74) is 1.49. The van der Waals surface area contributed by atoms with Crippen LogP contribution in [0.1, 0.15) is 27.2 Å². The maximum atomic E-state index is 8.37. The second kappa shape index (κ2) is 4.97. The highest BCUT2D eigenvalue weighted by molar-refractivity contribution is 6.41. The summed E-state index contributed by atoms with van der Waals surface area (Å²) in [5, 5.41) is 11.4. The van der Waals surface area contributed by atoms with E-state index >= 15 is 0 Å². The molecule has 0 aromatic carbocycles. The van der Waals surface area contributed by atoms with E-state index in [0.29, 0.717) is 5.71 Å². The summed E-state index contributed by atoms with van der Waals surface area (Å²) in [6, 6.07) is 0. The van der Waals surface area contributed by atoms with Gasteiger partial charge in [0.05, 0.1) is 11.4 Å². The number of hydrogen-bond donors (Lipinski definition) is 1. The number of oxime groups is 1. The molecule has 0 unspecified atom stereocenters. The van der Waals surface area contributed by atoms with Gasteiger partial charge in [-0.25, -0.2) is 0 Å². The van der Waals surface area contributed by atoms with Gasteiger partial charge in [0.1, 0.15) is 0 Å². The zero-order valence-electron chi connectivity index (χ0n) is 6.76. The predicted octanol–water partition coefficient (Wildman–Crippen LogP) is 1.71. The van der Waals surface area contributed by atoms with Gasteiger partial charge >= 0.3 is 0 Å². The minimum atomic E-state index is 0.615. The number of hydrogen-bond acceptors (Lipinski definition) is 3. The van der Waals surface area contributed by atoms with Crippen molar-refractivity contribution in [2.24, 2.45) is 10.1 Å². The Morgan fingerprint density at radius 3 is 2.30 bits per heavy atom. The van der Waals surface area contributed by atoms with Crippen molar-refractivity contribution in [2.45, 2.75) is 27.2 Å². The van der Waals surface area contributed by atoms with Gasteiger partial charge in [-0.05, 0) is 20.3 Å². The molecule has 0 bridgehead atoms. The smallest absolute Gasteiger partial charge is 0.0974 e. The molecule has 0 aromatic heterocycles. The molecule has 0 fully saturated rings. The maximum absolute atomic E-state index is 8.37. The SMILES string of the molecule is CCN=C(CC)/C(C)=N/O. The van der Waals surface area contributed by atoms with Crippen molar-refractivity contribution in [1.82, 2.24) is 0 Å². The molecule has 1 N–H and O–H groups in total. The molecule has 0 spiro atoms. The molecule has 0 aliphatic rings. The Morgan fingerprint density at radius 1 is 1.40 bits per heavy atom. The van der Waals surface area contributed by atoms with E-state index in [9.17, 15) is 0 Å². The van der Waals surface area contributed by atoms with Crippen LogP contribution in [0.2, 0.25) is 0 Å². The molecular weight excluding hydrogens is 128 g/mol. The molecule has 0 heterocycles. The molecule has 0 radical (unpaired) electrons. The van der Waals surface area contributed by atoms with Gasteiger partial charge in [0.15, 0.2) is 0 Å². The molecular formula is C7H14N2O. The van der Waals surface area contributed by atoms with Gasteiger partial charge in [-0.1, -0.05) is 12.1 Å². The van der Waals surface area contributed by atoms with E-state index in [4.69, 9.17) is 5.21 Å². The van der Waals surface area contributed by atoms with Crippen LogP contribution in [0.5, 0.6) is 0 Å². The van der Waals surface area contributed by atoms with Gasteiger partial charge in [0.25, 0.3) is 0 Å². The lowest BCUT2D eigenvalue weighted by molar-refractivity contribution is 0.320. The standard InChI is InChI=1S/C7H14N2O/c1-4-7(8-5-2)6(3)9-10/h10H,4-5H2,1-3H3/b8-7?,9-6+. The molecule has 58 valence electrons. The van der Waals surface area contributed by atoms with Crippen molar-refractivity contribution in [3.63, 3.8) is 0 Å². The second-order valence-corrected chi connectivity index (χ2v) is 1.96. The summed E-state index contributed by atoms with van der Waals surface area (Å²) < 4.78 is 0. The first-order valence-corrected chi connectivity index (χ1v) is 3.48. The average molecular weight is 142 g/mol. The lowest BCUT2D eigenvalue weighted by Crippen LogP contribution is -2.09. The van der Waals surface area contributed by atoms with Gasteiger partial charge < -0.3 is 5.21 Å². The summed E-state index contributed by atoms with van der Waals surface area (Å²) in [6.45, 7) is 6.44. The van der Waals surface area contributed by atoms with Crippen molar-refractivity contribution in [3.8, 4) is 0 Å². The monoisotopic (exact) mass is 142 g/mol. The fraction of sp³-hybridized carbons (Fsp3) is 0.714. The third-order valence-electron chi connectivity index (χ3n) is 1.25. The quantitative estimate of drug-likeness (QED) is 0.364. The first kappa shape index (κ1) is 9.14. The first-order valence-electron chi connectivity index (χ1n) is 3.48. The molecule has 3 nitrogen and oxygen atoms in total. The van der Waals surface area contributed by atoms with Crippen LogP contribution in [0.25, 0.3) is 0 Å². The van der Waals surface area contributed by atoms with Crippen LogP contribution in [0.4, 0.5) is 0 Å². The Bertz CT molecular complexity index is 150. The van der Waals surface area contributed by atoms with Gasteiger partial charge in [0.2, 0.25) is 0 Å². The second-order valence-electron chi connectivity index (χ2n) is 1.96. The van der Waals surface area contributed by atoms with Crippen LogP contribution in [0.15, 0.2) is 10.1 Å². The zero-order chi connectivity index (χ0) is 7.98. The number of aliphatic imine (C=N–C) groups is 1. The molecule has 0 aliphatic carbocycles. The van der Waals surface area contributed by atoms with E-state index in [0.717, 1.165) is 18.7 Å². The van der Waals surface area contributed by atoms with Crippen molar-refractivity contribution in [3.05, 3.63) is 0 Å². The van der Waals surface area contributed by atoms with Crippen LogP contribution in [0, 0.1) is 0 Å². The lowest BCUT2D eigenvalue weighted by Gasteiger charge is -1.98. The minimum Gasteiger partial charge on any atom is -0.411 e. The molecule has 0 rings (SSSR count). The van der Waals surface area contributed by atoms with E-state index in [1.807, 2.05) is 13.8 Å². The Hall–Kier alpha value is -0.860. The molecule has 0 atom stereocenters. The van der Waals surface area contributed by atoms with Crippen LogP contribution < -0.4 is 0 Å². The summed E-state index contributed by atoms with van der Waals surface area (Å²) in [6.07, 6.45) is 0.823. The molecule has 0 saturated heterocycles. The summed E-state index contributed by atoms with van der Waals surface area (Å²) in [5.74, 6) is 0. The lowest BCUT2D eigenvalue weighted by atomic mass is 10.2. The summed E-state index contributed by atoms with van der Waals surface area (Å²) in [7, 11) is 0. The Morgan fingerprint density at radius 2 is 2.00 bits per heavy atom. The predicted molar refractivity (Wildman–Crippen MR) is 43.2 cm³/mol. The van der Waals surface area contributed by atoms with E-state index in [2.05, 4.69) is 10.1 Å². The average Bonchev–Trinajstić information content (AvgIpc) is 1.99. The minimum absolute atomic E-state index is 0.615. The fourth-order valence-corrected chi connectivity index (χ4v) is 0.731. The number of nitrogens with zero attached hydrogens (tertiary/aromatic N) is 2. The van der Waals surface area contributed by atoms with Crippen LogP contribution in [0.3, 0.4) is 0 Å². The van der Waals surface area contributed by atoms with E-state index in [-0.39, 0.29) is 0 Å². The number of rotatable bonds is 3. The van der Waals surface area contributed by atoms with Gasteiger partial charge in [-0.15, -0.1) is 0 Å². The summed E-state index contributed by atoms with van der Waals surface area (Å²) >= 11 is 0. The van der Waals surface area contributed by atoms with E-state index < -0.39 is 0 Å². The van der Waals surface area contributed by atoms with E-state index in [1.54, 1.807) is 6.92 Å². The Kier molecular flexibility index (Phi) is 4.54. The Balaban J connectivity index is 4.21. The molecule has 0 amide bonds. The van der Waals surface area contributed by atoms with Crippen molar-refractivity contribution < 1.29 is 5.21 Å². The normalized spacial score (nSPS) is 13.9. The highest BCUT2D eigenvalue weighted by Gasteiger charge is 1.98. The van der Waals surface area contributed by atoms with Crippen molar-refractivity contribution in [1.29, 1.82) is 0 Å². The van der Waals surface area contributed by atoms with E-state index in [1.165, 1.54) is 0 Å². The highest BCUT2D eigenvalue weighted by atomic mass is 16.4. The van der Waals surface area contributed by atoms with Crippen molar-refractivity contribution >= 4 is 11.4 Å².